The Hall–Kier alpha value is -2.59. The third-order valence-electron chi connectivity index (χ3n) is 6.27. The first-order valence-corrected chi connectivity index (χ1v) is 11.3. The number of hydrogen-bond acceptors (Lipinski definition) is 2. The van der Waals surface area contributed by atoms with Crippen LogP contribution in [0, 0.1) is 12.8 Å². The van der Waals surface area contributed by atoms with Gasteiger partial charge in [0.25, 0.3) is 0 Å². The number of rotatable bonds is 8. The fourth-order valence-electron chi connectivity index (χ4n) is 4.54. The lowest BCUT2D eigenvalue weighted by Gasteiger charge is -2.21. The Kier molecular flexibility index (Phi) is 6.85. The number of amides is 1. The van der Waals surface area contributed by atoms with E-state index in [0.29, 0.717) is 13.1 Å². The fraction of sp³-hybridized carbons (Fsp3) is 0.423. The first-order chi connectivity index (χ1) is 14.7. The Morgan fingerprint density at radius 3 is 2.60 bits per heavy atom. The lowest BCUT2D eigenvalue weighted by molar-refractivity contribution is -0.121. The van der Waals surface area contributed by atoms with Gasteiger partial charge in [0.2, 0.25) is 5.91 Å². The Balaban J connectivity index is 1.31. The number of carbonyl (C=O) groups is 1. The van der Waals surface area contributed by atoms with E-state index in [9.17, 15) is 4.79 Å². The molecule has 0 aliphatic heterocycles. The second kappa shape index (κ2) is 9.94. The number of fused-ring (bicyclic) bond motifs is 1. The molecule has 2 N–H and O–H groups in total. The van der Waals surface area contributed by atoms with Gasteiger partial charge in [0.05, 0.1) is 0 Å². The molecule has 30 heavy (non-hydrogen) atoms. The van der Waals surface area contributed by atoms with Crippen LogP contribution in [0.1, 0.15) is 37.7 Å². The Morgan fingerprint density at radius 2 is 1.80 bits per heavy atom. The maximum atomic E-state index is 12.5. The largest absolute Gasteiger partial charge is 0.353 e. The van der Waals surface area contributed by atoms with E-state index in [2.05, 4.69) is 66.1 Å². The summed E-state index contributed by atoms with van der Waals surface area (Å²) in [6, 6.07) is 17.0. The second-order valence-corrected chi connectivity index (χ2v) is 8.61. The highest BCUT2D eigenvalue weighted by molar-refractivity contribution is 5.96. The van der Waals surface area contributed by atoms with E-state index in [1.165, 1.54) is 54.2 Å². The topological polar surface area (TPSA) is 46.1 Å². The highest BCUT2D eigenvalue weighted by atomic mass is 16.1. The first kappa shape index (κ1) is 20.7. The zero-order valence-electron chi connectivity index (χ0n) is 18.0. The maximum Gasteiger partial charge on any atom is 0.239 e. The minimum absolute atomic E-state index is 0.0627. The van der Waals surface area contributed by atoms with Gasteiger partial charge in [-0.25, -0.2) is 0 Å². The van der Waals surface area contributed by atoms with Crippen molar-refractivity contribution in [3.05, 3.63) is 60.3 Å². The van der Waals surface area contributed by atoms with Crippen molar-refractivity contribution >= 4 is 16.8 Å². The number of hydrogen-bond donors (Lipinski definition) is 2. The van der Waals surface area contributed by atoms with Crippen LogP contribution in [0.3, 0.4) is 0 Å². The van der Waals surface area contributed by atoms with Crippen molar-refractivity contribution in [2.24, 2.45) is 5.92 Å². The summed E-state index contributed by atoms with van der Waals surface area (Å²) in [7, 11) is 0. The van der Waals surface area contributed by atoms with Gasteiger partial charge in [0.1, 0.15) is 6.54 Å². The molecule has 1 heterocycles. The lowest BCUT2D eigenvalue weighted by Crippen LogP contribution is -2.35. The van der Waals surface area contributed by atoms with Gasteiger partial charge < -0.3 is 15.2 Å². The molecule has 2 aromatic carbocycles. The average Bonchev–Trinajstić information content (AvgIpc) is 3.18. The standard InChI is InChI=1S/C26H33N3O/c1-20-10-12-22(13-11-20)23-8-5-9-25-24(23)14-17-29(25)19-26(30)28-16-15-27-18-21-6-3-2-4-7-21/h5,8-14,17,21,27H,2-4,6-7,15-16,18-19H2,1H3,(H,28,30). The van der Waals surface area contributed by atoms with Crippen LogP contribution in [-0.4, -0.2) is 30.1 Å². The molecule has 1 aliphatic carbocycles. The molecule has 0 radical (unpaired) electrons. The summed E-state index contributed by atoms with van der Waals surface area (Å²) in [5.74, 6) is 0.885. The SMILES string of the molecule is Cc1ccc(-c2cccc3c2ccn3CC(=O)NCCNCC2CCCCC2)cc1. The quantitative estimate of drug-likeness (QED) is 0.525. The lowest BCUT2D eigenvalue weighted by atomic mass is 9.89. The molecule has 1 saturated carbocycles. The minimum atomic E-state index is 0.0627. The normalized spacial score (nSPS) is 14.8. The number of nitrogens with one attached hydrogen (secondary N) is 2. The van der Waals surface area contributed by atoms with Crippen LogP contribution in [0.15, 0.2) is 54.7 Å². The molecule has 1 aromatic heterocycles. The van der Waals surface area contributed by atoms with E-state index in [1.807, 2.05) is 10.8 Å². The van der Waals surface area contributed by atoms with Crippen molar-refractivity contribution in [3.63, 3.8) is 0 Å². The van der Waals surface area contributed by atoms with Gasteiger partial charge in [-0.05, 0) is 55.5 Å². The summed E-state index contributed by atoms with van der Waals surface area (Å²) in [6.07, 6.45) is 8.87. The Bertz CT molecular complexity index is 968. The van der Waals surface area contributed by atoms with Gasteiger partial charge in [0.15, 0.2) is 0 Å². The molecule has 4 nitrogen and oxygen atoms in total. The van der Waals surface area contributed by atoms with E-state index in [0.717, 1.165) is 24.5 Å². The number of carbonyl (C=O) groups excluding carboxylic acids is 1. The molecule has 1 aliphatic rings. The van der Waals surface area contributed by atoms with Crippen LogP contribution in [0.5, 0.6) is 0 Å². The van der Waals surface area contributed by atoms with Crippen LogP contribution < -0.4 is 10.6 Å². The predicted octanol–water partition coefficient (Wildman–Crippen LogP) is 4.90. The van der Waals surface area contributed by atoms with E-state index < -0.39 is 0 Å². The Morgan fingerprint density at radius 1 is 1.00 bits per heavy atom. The van der Waals surface area contributed by atoms with Crippen molar-refractivity contribution in [1.29, 1.82) is 0 Å². The van der Waals surface area contributed by atoms with Crippen LogP contribution in [0.25, 0.3) is 22.0 Å². The molecular formula is C26H33N3O. The monoisotopic (exact) mass is 403 g/mol. The van der Waals surface area contributed by atoms with Gasteiger partial charge in [-0.1, -0.05) is 61.2 Å². The molecule has 0 unspecified atom stereocenters. The van der Waals surface area contributed by atoms with Crippen LogP contribution in [-0.2, 0) is 11.3 Å². The zero-order chi connectivity index (χ0) is 20.8. The van der Waals surface area contributed by atoms with E-state index in [1.54, 1.807) is 0 Å². The van der Waals surface area contributed by atoms with Gasteiger partial charge in [-0.2, -0.15) is 0 Å². The maximum absolute atomic E-state index is 12.5. The molecule has 0 bridgehead atoms. The molecule has 1 fully saturated rings. The molecule has 0 saturated heterocycles. The van der Waals surface area contributed by atoms with E-state index >= 15 is 0 Å². The molecule has 3 aromatic rings. The summed E-state index contributed by atoms with van der Waals surface area (Å²) < 4.78 is 2.04. The predicted molar refractivity (Wildman–Crippen MR) is 125 cm³/mol. The zero-order valence-corrected chi connectivity index (χ0v) is 18.0. The summed E-state index contributed by atoms with van der Waals surface area (Å²) in [4.78, 5) is 12.5. The number of benzene rings is 2. The van der Waals surface area contributed by atoms with Crippen molar-refractivity contribution in [3.8, 4) is 11.1 Å². The van der Waals surface area contributed by atoms with E-state index in [4.69, 9.17) is 0 Å². The molecule has 4 heteroatoms. The summed E-state index contributed by atoms with van der Waals surface area (Å²) in [6.45, 7) is 5.06. The Labute approximate surface area is 179 Å². The molecule has 0 atom stereocenters. The number of nitrogens with zero attached hydrogens (tertiary/aromatic N) is 1. The average molecular weight is 404 g/mol. The first-order valence-electron chi connectivity index (χ1n) is 11.3. The summed E-state index contributed by atoms with van der Waals surface area (Å²) in [5, 5.41) is 7.74. The van der Waals surface area contributed by atoms with Crippen LogP contribution in [0.4, 0.5) is 0 Å². The van der Waals surface area contributed by atoms with Crippen molar-refractivity contribution in [2.45, 2.75) is 45.6 Å². The minimum Gasteiger partial charge on any atom is -0.353 e. The molecule has 158 valence electrons. The smallest absolute Gasteiger partial charge is 0.239 e. The molecular weight excluding hydrogens is 370 g/mol. The van der Waals surface area contributed by atoms with Crippen molar-refractivity contribution in [2.75, 3.05) is 19.6 Å². The van der Waals surface area contributed by atoms with Gasteiger partial charge >= 0.3 is 0 Å². The molecule has 1 amide bonds. The molecule has 0 spiro atoms. The van der Waals surface area contributed by atoms with E-state index in [-0.39, 0.29) is 5.91 Å². The highest BCUT2D eigenvalue weighted by Gasteiger charge is 2.13. The summed E-state index contributed by atoms with van der Waals surface area (Å²) >= 11 is 0. The second-order valence-electron chi connectivity index (χ2n) is 8.61. The van der Waals surface area contributed by atoms with Gasteiger partial charge in [0, 0.05) is 30.2 Å². The third kappa shape index (κ3) is 5.11. The van der Waals surface area contributed by atoms with Crippen molar-refractivity contribution < 1.29 is 4.79 Å². The third-order valence-corrected chi connectivity index (χ3v) is 6.27. The summed E-state index contributed by atoms with van der Waals surface area (Å²) in [5.41, 5.74) is 4.77. The highest BCUT2D eigenvalue weighted by Crippen LogP contribution is 2.29. The number of aryl methyl sites for hydroxylation is 1. The van der Waals surface area contributed by atoms with Crippen LogP contribution in [0.2, 0.25) is 0 Å². The van der Waals surface area contributed by atoms with Crippen LogP contribution >= 0.6 is 0 Å². The fourth-order valence-corrected chi connectivity index (χ4v) is 4.54. The van der Waals surface area contributed by atoms with Gasteiger partial charge in [-0.3, -0.25) is 4.79 Å². The molecule has 4 rings (SSSR count). The van der Waals surface area contributed by atoms with Gasteiger partial charge in [-0.15, -0.1) is 0 Å². The van der Waals surface area contributed by atoms with Crippen molar-refractivity contribution in [1.82, 2.24) is 15.2 Å². The number of aromatic nitrogens is 1.